The van der Waals surface area contributed by atoms with Gasteiger partial charge >= 0.3 is 5.76 Å². The van der Waals surface area contributed by atoms with E-state index in [-0.39, 0.29) is 18.3 Å². The lowest BCUT2D eigenvalue weighted by molar-refractivity contribution is 0.305. The van der Waals surface area contributed by atoms with Crippen molar-refractivity contribution in [3.05, 3.63) is 116 Å². The van der Waals surface area contributed by atoms with Crippen molar-refractivity contribution in [3.63, 3.8) is 0 Å². The first-order chi connectivity index (χ1) is 19.5. The highest BCUT2D eigenvalue weighted by Gasteiger charge is 2.35. The van der Waals surface area contributed by atoms with E-state index >= 15 is 0 Å². The number of ether oxygens (including phenoxy) is 1. The van der Waals surface area contributed by atoms with Crippen LogP contribution in [0.3, 0.4) is 0 Å². The van der Waals surface area contributed by atoms with Gasteiger partial charge in [0.25, 0.3) is 0 Å². The molecule has 2 aliphatic carbocycles. The number of fused-ring (bicyclic) bond motifs is 3. The van der Waals surface area contributed by atoms with Crippen molar-refractivity contribution < 1.29 is 13.7 Å². The van der Waals surface area contributed by atoms with Crippen molar-refractivity contribution >= 4 is 28.4 Å². The molecule has 1 N–H and O–H groups in total. The third-order valence-electron chi connectivity index (χ3n) is 8.05. The molecule has 40 heavy (non-hydrogen) atoms. The van der Waals surface area contributed by atoms with Crippen molar-refractivity contribution in [1.29, 1.82) is 0 Å². The van der Waals surface area contributed by atoms with Gasteiger partial charge in [0.05, 0.1) is 16.4 Å². The highest BCUT2D eigenvalue weighted by Crippen LogP contribution is 2.50. The first-order valence-corrected chi connectivity index (χ1v) is 13.9. The number of aromatic amines is 1. The molecule has 9 heteroatoms. The van der Waals surface area contributed by atoms with Gasteiger partial charge < -0.3 is 9.14 Å². The monoisotopic (exact) mass is 554 g/mol. The minimum Gasteiger partial charge on any atom is -0.488 e. The molecule has 3 aromatic heterocycles. The summed E-state index contributed by atoms with van der Waals surface area (Å²) >= 11 is 6.50. The number of aromatic nitrogens is 4. The van der Waals surface area contributed by atoms with Crippen molar-refractivity contribution in [2.45, 2.75) is 44.6 Å². The second-order valence-corrected chi connectivity index (χ2v) is 11.3. The smallest absolute Gasteiger partial charge is 0.439 e. The maximum Gasteiger partial charge on any atom is 0.439 e. The van der Waals surface area contributed by atoms with Crippen LogP contribution in [0.4, 0.5) is 4.39 Å². The Balaban J connectivity index is 1.29. The van der Waals surface area contributed by atoms with Crippen LogP contribution in [0.2, 0.25) is 5.02 Å². The summed E-state index contributed by atoms with van der Waals surface area (Å²) in [5.41, 5.74) is 8.68. The van der Waals surface area contributed by atoms with Crippen LogP contribution in [0.25, 0.3) is 16.8 Å². The van der Waals surface area contributed by atoms with Crippen LogP contribution < -0.4 is 10.5 Å². The molecular formula is C31H24ClFN4O3. The summed E-state index contributed by atoms with van der Waals surface area (Å²) in [5, 5.41) is 4.69. The summed E-state index contributed by atoms with van der Waals surface area (Å²) in [7, 11) is 0. The number of nitrogens with zero attached hydrogens (tertiary/aromatic N) is 3. The Morgan fingerprint density at radius 2 is 1.95 bits per heavy atom. The van der Waals surface area contributed by atoms with Crippen molar-refractivity contribution in [2.24, 2.45) is 5.92 Å². The molecule has 0 atom stereocenters. The molecule has 0 unspecified atom stereocenters. The number of benzene rings is 2. The number of nitrogens with one attached hydrogen (secondary N) is 1. The second kappa shape index (κ2) is 8.93. The number of allylic oxidation sites excluding steroid dienone is 1. The number of hydrogen-bond donors (Lipinski definition) is 1. The SMILES string of the molecule is O=c1[nH]c(C(=C2c3ccc(Cc4c(C5CC5)nc5c(Cl)cccn45)cc3COc3cc(F)ccc32)C2CC2)no1. The maximum atomic E-state index is 14.3. The molecule has 2 fully saturated rings. The van der Waals surface area contributed by atoms with Gasteiger partial charge in [-0.3, -0.25) is 9.51 Å². The molecule has 0 saturated heterocycles. The normalized spacial score (nSPS) is 17.8. The van der Waals surface area contributed by atoms with Crippen LogP contribution in [0.5, 0.6) is 5.75 Å². The number of H-pyrrole nitrogens is 1. The van der Waals surface area contributed by atoms with E-state index in [1.807, 2.05) is 18.3 Å². The first-order valence-electron chi connectivity index (χ1n) is 13.5. The fourth-order valence-electron chi connectivity index (χ4n) is 5.92. The van der Waals surface area contributed by atoms with Crippen LogP contribution in [0.1, 0.15) is 71.1 Å². The average molecular weight is 555 g/mol. The first kappa shape index (κ1) is 23.7. The summed E-state index contributed by atoms with van der Waals surface area (Å²) < 4.78 is 27.5. The Morgan fingerprint density at radius 3 is 2.73 bits per heavy atom. The number of halogens is 2. The highest BCUT2D eigenvalue weighted by molar-refractivity contribution is 6.33. The van der Waals surface area contributed by atoms with Crippen LogP contribution in [-0.4, -0.2) is 19.5 Å². The van der Waals surface area contributed by atoms with E-state index in [2.05, 4.69) is 32.7 Å². The largest absolute Gasteiger partial charge is 0.488 e. The van der Waals surface area contributed by atoms with Gasteiger partial charge in [-0.25, -0.2) is 14.2 Å². The molecule has 3 aliphatic rings. The van der Waals surface area contributed by atoms with E-state index in [9.17, 15) is 9.18 Å². The average Bonchev–Trinajstić information content (AvgIpc) is 3.88. The molecule has 0 amide bonds. The zero-order valence-corrected chi connectivity index (χ0v) is 22.2. The zero-order chi connectivity index (χ0) is 27.0. The number of hydrogen-bond acceptors (Lipinski definition) is 5. The molecule has 2 saturated carbocycles. The fraction of sp³-hybridized carbons (Fsp3) is 0.258. The predicted molar refractivity (Wildman–Crippen MR) is 148 cm³/mol. The van der Waals surface area contributed by atoms with Crippen molar-refractivity contribution in [3.8, 4) is 5.75 Å². The molecule has 200 valence electrons. The molecule has 2 aromatic carbocycles. The number of pyridine rings is 1. The third-order valence-corrected chi connectivity index (χ3v) is 8.35. The summed E-state index contributed by atoms with van der Waals surface area (Å²) in [6.45, 7) is 0.283. The fourth-order valence-corrected chi connectivity index (χ4v) is 6.13. The van der Waals surface area contributed by atoms with Gasteiger partial charge in [0.2, 0.25) is 0 Å². The van der Waals surface area contributed by atoms with Crippen LogP contribution in [0.15, 0.2) is 64.0 Å². The molecular weight excluding hydrogens is 531 g/mol. The molecule has 0 spiro atoms. The van der Waals surface area contributed by atoms with E-state index in [0.717, 1.165) is 76.1 Å². The molecule has 4 heterocycles. The van der Waals surface area contributed by atoms with E-state index in [4.69, 9.17) is 25.8 Å². The third kappa shape index (κ3) is 3.97. The van der Waals surface area contributed by atoms with Crippen LogP contribution in [0, 0.1) is 11.7 Å². The lowest BCUT2D eigenvalue weighted by Crippen LogP contribution is -2.04. The Hall–Kier alpha value is -4.17. The Labute approximate surface area is 233 Å². The Morgan fingerprint density at radius 1 is 1.10 bits per heavy atom. The van der Waals surface area contributed by atoms with Gasteiger partial charge in [0.15, 0.2) is 11.5 Å². The quantitative estimate of drug-likeness (QED) is 0.267. The van der Waals surface area contributed by atoms with E-state index in [0.29, 0.717) is 28.9 Å². The molecule has 0 radical (unpaired) electrons. The minimum absolute atomic E-state index is 0.211. The predicted octanol–water partition coefficient (Wildman–Crippen LogP) is 6.53. The molecule has 5 aromatic rings. The molecule has 8 rings (SSSR count). The summed E-state index contributed by atoms with van der Waals surface area (Å²) in [6.07, 6.45) is 6.94. The molecule has 7 nitrogen and oxygen atoms in total. The lowest BCUT2D eigenvalue weighted by atomic mass is 9.87. The topological polar surface area (TPSA) is 85.4 Å². The van der Waals surface area contributed by atoms with Gasteiger partial charge in [0, 0.05) is 41.3 Å². The highest BCUT2D eigenvalue weighted by atomic mass is 35.5. The van der Waals surface area contributed by atoms with Gasteiger partial charge in [-0.1, -0.05) is 35.0 Å². The summed E-state index contributed by atoms with van der Waals surface area (Å²) in [6, 6.07) is 14.8. The zero-order valence-electron chi connectivity index (χ0n) is 21.4. The van der Waals surface area contributed by atoms with Crippen LogP contribution in [-0.2, 0) is 13.0 Å². The van der Waals surface area contributed by atoms with Gasteiger partial charge in [-0.2, -0.15) is 0 Å². The number of imidazole rings is 1. The Kier molecular flexibility index (Phi) is 5.29. The molecule has 0 bridgehead atoms. The van der Waals surface area contributed by atoms with Gasteiger partial charge in [-0.05, 0) is 72.6 Å². The Bertz CT molecular complexity index is 1910. The van der Waals surface area contributed by atoms with E-state index in [1.54, 1.807) is 6.07 Å². The molecule has 1 aliphatic heterocycles. The van der Waals surface area contributed by atoms with E-state index in [1.165, 1.54) is 12.1 Å². The minimum atomic E-state index is -0.604. The van der Waals surface area contributed by atoms with Crippen molar-refractivity contribution in [2.75, 3.05) is 0 Å². The van der Waals surface area contributed by atoms with E-state index < -0.39 is 5.76 Å². The standard InChI is InChI=1S/C31H24ClFN4O3/c32-23-2-1-11-37-24(28(18-6-7-18)34-30(23)37)13-16-3-9-21-19(12-16)15-39-25-14-20(33)8-10-22(25)27(21)26(17-4-5-17)29-35-31(38)40-36-29/h1-3,8-12,14,17-18H,4-7,13,15H2,(H,35,36,38). The lowest BCUT2D eigenvalue weighted by Gasteiger charge is -2.16. The van der Waals surface area contributed by atoms with Gasteiger partial charge in [-0.15, -0.1) is 0 Å². The van der Waals surface area contributed by atoms with Crippen molar-refractivity contribution in [1.82, 2.24) is 19.5 Å². The number of rotatable bonds is 5. The second-order valence-electron chi connectivity index (χ2n) is 10.9. The van der Waals surface area contributed by atoms with Crippen LogP contribution >= 0.6 is 11.6 Å². The van der Waals surface area contributed by atoms with Gasteiger partial charge in [0.1, 0.15) is 18.2 Å². The summed E-state index contributed by atoms with van der Waals surface area (Å²) in [4.78, 5) is 19.6. The summed E-state index contributed by atoms with van der Waals surface area (Å²) in [5.74, 6) is 0.582. The maximum absolute atomic E-state index is 14.3.